The first-order valence-electron chi connectivity index (χ1n) is 13.7. The van der Waals surface area contributed by atoms with Crippen molar-refractivity contribution in [1.82, 2.24) is 4.90 Å². The number of likely N-dealkylation sites (tertiary alicyclic amines) is 1. The average molecular weight is 500 g/mol. The molecule has 1 spiro atoms. The minimum absolute atomic E-state index is 0.00769. The Morgan fingerprint density at radius 2 is 2.06 bits per heavy atom. The molecule has 1 N–H and O–H groups in total. The highest BCUT2D eigenvalue weighted by Gasteiger charge is 2.73. The number of unbranched alkanes of at least 4 members (excludes halogenated alkanes) is 3. The van der Waals surface area contributed by atoms with E-state index in [4.69, 9.17) is 18.9 Å². The quantitative estimate of drug-likeness (QED) is 0.294. The zero-order chi connectivity index (χ0) is 24.9. The van der Waals surface area contributed by atoms with Crippen LogP contribution in [0.15, 0.2) is 12.1 Å². The van der Waals surface area contributed by atoms with Crippen molar-refractivity contribution in [2.75, 3.05) is 26.5 Å². The van der Waals surface area contributed by atoms with Gasteiger partial charge in [-0.15, -0.1) is 0 Å². The first-order chi connectivity index (χ1) is 17.5. The molecule has 5 aliphatic rings. The number of ketones is 1. The summed E-state index contributed by atoms with van der Waals surface area (Å²) in [6.45, 7) is 4.03. The van der Waals surface area contributed by atoms with Gasteiger partial charge < -0.3 is 24.1 Å². The number of carbonyl (C=O) groups is 2. The van der Waals surface area contributed by atoms with Crippen molar-refractivity contribution in [3.8, 4) is 11.5 Å². The van der Waals surface area contributed by atoms with Crippen LogP contribution in [-0.4, -0.2) is 66.2 Å². The first kappa shape index (κ1) is 24.0. The Labute approximate surface area is 212 Å². The van der Waals surface area contributed by atoms with Crippen molar-refractivity contribution >= 4 is 11.9 Å². The number of piperidine rings is 1. The molecule has 2 heterocycles. The van der Waals surface area contributed by atoms with Gasteiger partial charge in [0.1, 0.15) is 0 Å². The van der Waals surface area contributed by atoms with Crippen LogP contribution >= 0.6 is 0 Å². The molecule has 0 aromatic heterocycles. The van der Waals surface area contributed by atoms with Crippen molar-refractivity contribution in [1.29, 1.82) is 0 Å². The van der Waals surface area contributed by atoms with Crippen LogP contribution in [0.1, 0.15) is 75.8 Å². The summed E-state index contributed by atoms with van der Waals surface area (Å²) in [5, 5.41) is 12.3. The molecule has 1 saturated heterocycles. The number of ether oxygens (including phenoxy) is 4. The van der Waals surface area contributed by atoms with E-state index in [1.807, 2.05) is 12.1 Å². The normalized spacial score (nSPS) is 32.0. The highest BCUT2D eigenvalue weighted by molar-refractivity contribution is 5.90. The van der Waals surface area contributed by atoms with Gasteiger partial charge in [-0.25, -0.2) is 4.79 Å². The largest absolute Gasteiger partial charge is 0.511 e. The Hall–Kier alpha value is -2.32. The maximum Gasteiger partial charge on any atom is 0.511 e. The smallest absolute Gasteiger partial charge is 0.477 e. The molecule has 36 heavy (non-hydrogen) atoms. The van der Waals surface area contributed by atoms with E-state index in [1.165, 1.54) is 12.8 Å². The van der Waals surface area contributed by atoms with E-state index < -0.39 is 23.3 Å². The molecule has 1 unspecified atom stereocenters. The van der Waals surface area contributed by atoms with Crippen molar-refractivity contribution in [3.05, 3.63) is 23.3 Å². The molecule has 4 atom stereocenters. The van der Waals surface area contributed by atoms with Crippen molar-refractivity contribution in [2.45, 2.75) is 94.3 Å². The van der Waals surface area contributed by atoms with Gasteiger partial charge >= 0.3 is 6.16 Å². The van der Waals surface area contributed by atoms with E-state index in [9.17, 15) is 14.7 Å². The predicted molar refractivity (Wildman–Crippen MR) is 130 cm³/mol. The SMILES string of the molecule is CCCCCCOC(=O)OCOc1ccc2c3c1O[C@H]1C(=O)CC[C@@]4(O)C(C2)N(CC2CC2)CC[C@]314. The van der Waals surface area contributed by atoms with Gasteiger partial charge in [-0.3, -0.25) is 9.69 Å². The molecule has 0 amide bonds. The van der Waals surface area contributed by atoms with Gasteiger partial charge in [0, 0.05) is 24.6 Å². The minimum atomic E-state index is -1.01. The maximum atomic E-state index is 13.1. The Balaban J connectivity index is 1.21. The highest BCUT2D eigenvalue weighted by atomic mass is 16.8. The van der Waals surface area contributed by atoms with Gasteiger partial charge in [0.2, 0.25) is 6.79 Å². The summed E-state index contributed by atoms with van der Waals surface area (Å²) >= 11 is 0. The molecule has 196 valence electrons. The number of Topliss-reactive ketones (excluding diaryl/α,β-unsaturated/α-hetero) is 1. The molecule has 0 radical (unpaired) electrons. The molecule has 1 aromatic rings. The van der Waals surface area contributed by atoms with Crippen LogP contribution in [0.25, 0.3) is 0 Å². The fraction of sp³-hybridized carbons (Fsp3) is 0.714. The summed E-state index contributed by atoms with van der Waals surface area (Å²) in [5.74, 6) is 1.74. The lowest BCUT2D eigenvalue weighted by Crippen LogP contribution is -2.76. The van der Waals surface area contributed by atoms with E-state index >= 15 is 0 Å². The van der Waals surface area contributed by atoms with Crippen LogP contribution in [-0.2, 0) is 26.1 Å². The van der Waals surface area contributed by atoms with Crippen LogP contribution in [0.4, 0.5) is 4.79 Å². The summed E-state index contributed by atoms with van der Waals surface area (Å²) in [5.41, 5.74) is 0.305. The summed E-state index contributed by atoms with van der Waals surface area (Å²) < 4.78 is 22.4. The lowest BCUT2D eigenvalue weighted by molar-refractivity contribution is -0.188. The summed E-state index contributed by atoms with van der Waals surface area (Å²) in [7, 11) is 0. The highest BCUT2D eigenvalue weighted by Crippen LogP contribution is 2.65. The molecule has 2 bridgehead atoms. The second-order valence-electron chi connectivity index (χ2n) is 11.3. The lowest BCUT2D eigenvalue weighted by Gasteiger charge is -2.62. The Morgan fingerprint density at radius 3 is 2.86 bits per heavy atom. The molecule has 1 aromatic carbocycles. The third-order valence-corrected chi connectivity index (χ3v) is 9.15. The van der Waals surface area contributed by atoms with Gasteiger partial charge in [0.15, 0.2) is 23.4 Å². The van der Waals surface area contributed by atoms with Crippen LogP contribution in [0.3, 0.4) is 0 Å². The fourth-order valence-corrected chi connectivity index (χ4v) is 7.23. The van der Waals surface area contributed by atoms with Gasteiger partial charge in [0.25, 0.3) is 0 Å². The zero-order valence-corrected chi connectivity index (χ0v) is 21.1. The van der Waals surface area contributed by atoms with Crippen LogP contribution in [0, 0.1) is 5.92 Å². The lowest BCUT2D eigenvalue weighted by atomic mass is 9.49. The molecule has 2 saturated carbocycles. The third-order valence-electron chi connectivity index (χ3n) is 9.15. The Bertz CT molecular complexity index is 1040. The van der Waals surface area contributed by atoms with E-state index in [2.05, 4.69) is 11.8 Å². The zero-order valence-electron chi connectivity index (χ0n) is 21.1. The van der Waals surface area contributed by atoms with Crippen molar-refractivity contribution in [3.63, 3.8) is 0 Å². The van der Waals surface area contributed by atoms with Gasteiger partial charge in [0.05, 0.1) is 17.6 Å². The van der Waals surface area contributed by atoms with Gasteiger partial charge in [-0.1, -0.05) is 32.3 Å². The average Bonchev–Trinajstić information content (AvgIpc) is 3.60. The van der Waals surface area contributed by atoms with Crippen molar-refractivity contribution in [2.24, 2.45) is 5.92 Å². The molecule has 6 rings (SSSR count). The number of benzene rings is 1. The Morgan fingerprint density at radius 1 is 1.19 bits per heavy atom. The van der Waals surface area contributed by atoms with Crippen molar-refractivity contribution < 1.29 is 33.6 Å². The molecule has 2 aliphatic heterocycles. The first-order valence-corrected chi connectivity index (χ1v) is 13.7. The molecule has 3 aliphatic carbocycles. The van der Waals surface area contributed by atoms with Gasteiger partial charge in [-0.2, -0.15) is 0 Å². The van der Waals surface area contributed by atoms with E-state index in [1.54, 1.807) is 0 Å². The maximum absolute atomic E-state index is 13.1. The van der Waals surface area contributed by atoms with Crippen LogP contribution in [0.5, 0.6) is 11.5 Å². The molecule has 8 heteroatoms. The second kappa shape index (κ2) is 9.21. The monoisotopic (exact) mass is 499 g/mol. The van der Waals surface area contributed by atoms with Crippen LogP contribution in [0.2, 0.25) is 0 Å². The number of carbonyl (C=O) groups excluding carboxylic acids is 2. The molecular weight excluding hydrogens is 462 g/mol. The topological polar surface area (TPSA) is 94.5 Å². The summed E-state index contributed by atoms with van der Waals surface area (Å²) in [6.07, 6.45) is 7.36. The summed E-state index contributed by atoms with van der Waals surface area (Å²) in [6, 6.07) is 3.85. The number of rotatable bonds is 10. The molecule has 3 fully saturated rings. The van der Waals surface area contributed by atoms with E-state index in [0.717, 1.165) is 62.2 Å². The number of hydrogen-bond donors (Lipinski definition) is 1. The van der Waals surface area contributed by atoms with Crippen LogP contribution < -0.4 is 9.47 Å². The molecular formula is C28H37NO7. The van der Waals surface area contributed by atoms with E-state index in [0.29, 0.717) is 37.4 Å². The predicted octanol–water partition coefficient (Wildman–Crippen LogP) is 3.89. The van der Waals surface area contributed by atoms with E-state index in [-0.39, 0.29) is 18.6 Å². The number of hydrogen-bond acceptors (Lipinski definition) is 8. The standard InChI is InChI=1S/C28H37NO7/c1-2-3-4-5-14-33-26(31)35-17-34-21-9-8-19-15-22-28(32)11-10-20(30)25-27(28,23(19)24(21)36-25)12-13-29(22)16-18-6-7-18/h8-9,18,22,25,32H,2-7,10-17H2,1H3/t22?,25-,27-,28+/m0/s1. The number of aliphatic hydroxyl groups is 1. The second-order valence-corrected chi connectivity index (χ2v) is 11.3. The minimum Gasteiger partial charge on any atom is -0.477 e. The summed E-state index contributed by atoms with van der Waals surface area (Å²) in [4.78, 5) is 27.5. The fourth-order valence-electron chi connectivity index (χ4n) is 7.23. The van der Waals surface area contributed by atoms with Gasteiger partial charge in [-0.05, 0) is 62.6 Å². The molecule has 8 nitrogen and oxygen atoms in total. The number of nitrogens with zero attached hydrogens (tertiary/aromatic N) is 1. The Kier molecular flexibility index (Phi) is 6.15. The third kappa shape index (κ3) is 3.71.